The molecule has 3 unspecified atom stereocenters. The van der Waals surface area contributed by atoms with Gasteiger partial charge in [-0.3, -0.25) is 4.79 Å². The molecule has 1 fully saturated rings. The molecule has 20 heavy (non-hydrogen) atoms. The lowest BCUT2D eigenvalue weighted by atomic mass is 9.77. The molecule has 1 amide bonds. The number of aliphatic hydroxyl groups is 1. The van der Waals surface area contributed by atoms with Gasteiger partial charge < -0.3 is 10.4 Å². The third kappa shape index (κ3) is 3.17. The molecule has 1 aromatic carbocycles. The predicted octanol–water partition coefficient (Wildman–Crippen LogP) is 2.31. The Labute approximate surface area is 119 Å². The molecule has 106 valence electrons. The van der Waals surface area contributed by atoms with Crippen molar-refractivity contribution in [2.45, 2.75) is 44.2 Å². The van der Waals surface area contributed by atoms with Crippen LogP contribution in [0, 0.1) is 17.2 Å². The maximum atomic E-state index is 12.2. The Morgan fingerprint density at radius 3 is 2.80 bits per heavy atom. The van der Waals surface area contributed by atoms with E-state index in [9.17, 15) is 15.2 Å². The van der Waals surface area contributed by atoms with E-state index in [0.29, 0.717) is 24.3 Å². The Balaban J connectivity index is 2.08. The largest absolute Gasteiger partial charge is 0.378 e. The number of benzene rings is 1. The fourth-order valence-corrected chi connectivity index (χ4v) is 2.89. The fraction of sp³-hybridized carbons (Fsp3) is 0.500. The minimum absolute atomic E-state index is 0.414. The van der Waals surface area contributed by atoms with Gasteiger partial charge in [-0.2, -0.15) is 5.26 Å². The van der Waals surface area contributed by atoms with Crippen LogP contribution in [0.15, 0.2) is 30.3 Å². The van der Waals surface area contributed by atoms with Crippen molar-refractivity contribution in [2.24, 2.45) is 5.92 Å². The van der Waals surface area contributed by atoms with Crippen molar-refractivity contribution < 1.29 is 9.90 Å². The predicted molar refractivity (Wildman–Crippen MR) is 75.5 cm³/mol. The molecule has 2 rings (SSSR count). The number of carbonyl (C=O) groups is 1. The molecule has 1 aliphatic carbocycles. The van der Waals surface area contributed by atoms with Gasteiger partial charge in [-0.25, -0.2) is 0 Å². The topological polar surface area (TPSA) is 73.1 Å². The molecule has 4 nitrogen and oxygen atoms in total. The molecule has 4 heteroatoms. The summed E-state index contributed by atoms with van der Waals surface area (Å²) in [4.78, 5) is 12.2. The third-order valence-corrected chi connectivity index (χ3v) is 3.94. The summed E-state index contributed by atoms with van der Waals surface area (Å²) in [5, 5.41) is 22.2. The SMILES string of the molecule is CC1CCCC(C#N)(NC(=O)C(O)c2ccccc2)C1. The molecular weight excluding hydrogens is 252 g/mol. The number of nitrogens with one attached hydrogen (secondary N) is 1. The van der Waals surface area contributed by atoms with Crippen molar-refractivity contribution >= 4 is 5.91 Å². The van der Waals surface area contributed by atoms with Gasteiger partial charge in [0.2, 0.25) is 0 Å². The summed E-state index contributed by atoms with van der Waals surface area (Å²) in [6.07, 6.45) is 2.09. The maximum Gasteiger partial charge on any atom is 0.254 e. The minimum atomic E-state index is -1.22. The summed E-state index contributed by atoms with van der Waals surface area (Å²) in [5.74, 6) is -0.0792. The van der Waals surface area contributed by atoms with E-state index in [1.165, 1.54) is 0 Å². The van der Waals surface area contributed by atoms with Gasteiger partial charge in [0.05, 0.1) is 6.07 Å². The highest BCUT2D eigenvalue weighted by Gasteiger charge is 2.37. The van der Waals surface area contributed by atoms with E-state index in [2.05, 4.69) is 18.3 Å². The van der Waals surface area contributed by atoms with E-state index in [4.69, 9.17) is 0 Å². The number of nitriles is 1. The first kappa shape index (κ1) is 14.5. The van der Waals surface area contributed by atoms with Crippen molar-refractivity contribution in [1.29, 1.82) is 5.26 Å². The monoisotopic (exact) mass is 272 g/mol. The number of hydrogen-bond acceptors (Lipinski definition) is 3. The van der Waals surface area contributed by atoms with Crippen molar-refractivity contribution in [1.82, 2.24) is 5.32 Å². The first-order chi connectivity index (χ1) is 9.56. The Bertz CT molecular complexity index is 509. The summed E-state index contributed by atoms with van der Waals surface area (Å²) in [5.41, 5.74) is -0.285. The van der Waals surface area contributed by atoms with E-state index in [1.807, 2.05) is 6.07 Å². The zero-order valence-electron chi connectivity index (χ0n) is 11.7. The van der Waals surface area contributed by atoms with Gasteiger partial charge in [0.15, 0.2) is 6.10 Å². The highest BCUT2D eigenvalue weighted by atomic mass is 16.3. The van der Waals surface area contributed by atoms with E-state index in [1.54, 1.807) is 24.3 Å². The number of carbonyl (C=O) groups excluding carboxylic acids is 1. The van der Waals surface area contributed by atoms with E-state index in [0.717, 1.165) is 12.8 Å². The molecule has 1 aromatic rings. The summed E-state index contributed by atoms with van der Waals surface area (Å²) >= 11 is 0. The summed E-state index contributed by atoms with van der Waals surface area (Å²) in [7, 11) is 0. The van der Waals surface area contributed by atoms with Crippen LogP contribution in [0.3, 0.4) is 0 Å². The fourth-order valence-electron chi connectivity index (χ4n) is 2.89. The number of nitrogens with zero attached hydrogens (tertiary/aromatic N) is 1. The summed E-state index contributed by atoms with van der Waals surface area (Å²) in [6, 6.07) is 11.0. The molecule has 2 N–H and O–H groups in total. The van der Waals surface area contributed by atoms with Crippen LogP contribution in [0.5, 0.6) is 0 Å². The molecule has 0 aliphatic heterocycles. The summed E-state index contributed by atoms with van der Waals surface area (Å²) < 4.78 is 0. The molecule has 1 saturated carbocycles. The third-order valence-electron chi connectivity index (χ3n) is 3.94. The average Bonchev–Trinajstić information content (AvgIpc) is 2.47. The molecular formula is C16H20N2O2. The van der Waals surface area contributed by atoms with Gasteiger partial charge in [0.25, 0.3) is 5.91 Å². The quantitative estimate of drug-likeness (QED) is 0.886. The van der Waals surface area contributed by atoms with E-state index in [-0.39, 0.29) is 0 Å². The van der Waals surface area contributed by atoms with E-state index < -0.39 is 17.6 Å². The summed E-state index contributed by atoms with van der Waals surface area (Å²) in [6.45, 7) is 2.09. The van der Waals surface area contributed by atoms with Gasteiger partial charge in [0, 0.05) is 0 Å². The lowest BCUT2D eigenvalue weighted by Crippen LogP contribution is -2.51. The first-order valence-corrected chi connectivity index (χ1v) is 7.02. The molecule has 0 saturated heterocycles. The maximum absolute atomic E-state index is 12.2. The van der Waals surface area contributed by atoms with Crippen molar-refractivity contribution in [3.8, 4) is 6.07 Å². The Hall–Kier alpha value is -1.86. The second kappa shape index (κ2) is 6.06. The Morgan fingerprint density at radius 1 is 1.50 bits per heavy atom. The molecule has 3 atom stereocenters. The smallest absolute Gasteiger partial charge is 0.254 e. The average molecular weight is 272 g/mol. The standard InChI is InChI=1S/C16H20N2O2/c1-12-6-5-9-16(10-12,11-17)18-15(20)14(19)13-7-3-2-4-8-13/h2-4,7-8,12,14,19H,5-6,9-10H2,1H3,(H,18,20). The molecule has 0 heterocycles. The number of hydrogen-bond donors (Lipinski definition) is 2. The van der Waals surface area contributed by atoms with Gasteiger partial charge in [-0.1, -0.05) is 43.7 Å². The van der Waals surface area contributed by atoms with E-state index >= 15 is 0 Å². The highest BCUT2D eigenvalue weighted by Crippen LogP contribution is 2.32. The van der Waals surface area contributed by atoms with Crippen LogP contribution in [-0.2, 0) is 4.79 Å². The second-order valence-corrected chi connectivity index (χ2v) is 5.70. The number of amides is 1. The minimum Gasteiger partial charge on any atom is -0.378 e. The zero-order chi connectivity index (χ0) is 14.6. The normalized spacial score (nSPS) is 27.4. The zero-order valence-corrected chi connectivity index (χ0v) is 11.7. The first-order valence-electron chi connectivity index (χ1n) is 7.02. The van der Waals surface area contributed by atoms with Crippen molar-refractivity contribution in [3.63, 3.8) is 0 Å². The van der Waals surface area contributed by atoms with Gasteiger partial charge >= 0.3 is 0 Å². The van der Waals surface area contributed by atoms with Crippen LogP contribution in [0.4, 0.5) is 0 Å². The number of rotatable bonds is 3. The van der Waals surface area contributed by atoms with Crippen LogP contribution in [0.25, 0.3) is 0 Å². The second-order valence-electron chi connectivity index (χ2n) is 5.70. The lowest BCUT2D eigenvalue weighted by Gasteiger charge is -2.35. The molecule has 0 spiro atoms. The number of aliphatic hydroxyl groups excluding tert-OH is 1. The van der Waals surface area contributed by atoms with Crippen LogP contribution < -0.4 is 5.32 Å². The van der Waals surface area contributed by atoms with Crippen LogP contribution in [0.1, 0.15) is 44.3 Å². The molecule has 0 radical (unpaired) electrons. The molecule has 1 aliphatic rings. The van der Waals surface area contributed by atoms with Crippen LogP contribution in [0.2, 0.25) is 0 Å². The van der Waals surface area contributed by atoms with Crippen molar-refractivity contribution in [3.05, 3.63) is 35.9 Å². The highest BCUT2D eigenvalue weighted by molar-refractivity contribution is 5.83. The van der Waals surface area contributed by atoms with Gasteiger partial charge in [0.1, 0.15) is 5.54 Å². The Kier molecular flexibility index (Phi) is 4.41. The van der Waals surface area contributed by atoms with Gasteiger partial charge in [-0.15, -0.1) is 0 Å². The Morgan fingerprint density at radius 2 is 2.20 bits per heavy atom. The van der Waals surface area contributed by atoms with Crippen LogP contribution in [-0.4, -0.2) is 16.6 Å². The van der Waals surface area contributed by atoms with Gasteiger partial charge in [-0.05, 0) is 30.7 Å². The van der Waals surface area contributed by atoms with Crippen molar-refractivity contribution in [2.75, 3.05) is 0 Å². The lowest BCUT2D eigenvalue weighted by molar-refractivity contribution is -0.131. The molecule has 0 bridgehead atoms. The molecule has 0 aromatic heterocycles. The van der Waals surface area contributed by atoms with Crippen LogP contribution >= 0.6 is 0 Å².